The first-order chi connectivity index (χ1) is 9.64. The molecule has 0 spiro atoms. The van der Waals surface area contributed by atoms with Crippen LogP contribution >= 0.6 is 0 Å². The zero-order chi connectivity index (χ0) is 14.6. The van der Waals surface area contributed by atoms with E-state index in [0.717, 1.165) is 18.7 Å². The molecule has 1 atom stereocenters. The van der Waals surface area contributed by atoms with Crippen LogP contribution in [0.3, 0.4) is 0 Å². The average Bonchev–Trinajstić information content (AvgIpc) is 2.54. The molecule has 0 N–H and O–H groups in total. The van der Waals surface area contributed by atoms with Gasteiger partial charge in [-0.25, -0.2) is 0 Å². The van der Waals surface area contributed by atoms with Crippen LogP contribution in [0.2, 0.25) is 0 Å². The molecular weight excluding hydrogens is 252 g/mol. The molecule has 0 amide bonds. The Balaban J connectivity index is 2.25. The Morgan fingerprint density at radius 1 is 1.35 bits per heavy atom. The summed E-state index contributed by atoms with van der Waals surface area (Å²) in [4.78, 5) is 14.4. The number of methoxy groups -OCH3 is 1. The number of nitriles is 1. The lowest BCUT2D eigenvalue weighted by atomic mass is 9.72. The highest BCUT2D eigenvalue weighted by Gasteiger charge is 2.44. The molecule has 4 nitrogen and oxygen atoms in total. The highest BCUT2D eigenvalue weighted by Crippen LogP contribution is 2.37. The number of likely N-dealkylation sites (tertiary alicyclic amines) is 1. The summed E-state index contributed by atoms with van der Waals surface area (Å²) < 4.78 is 5.05. The average molecular weight is 272 g/mol. The third-order valence-corrected chi connectivity index (χ3v) is 4.29. The smallest absolute Gasteiger partial charge is 0.316 e. The van der Waals surface area contributed by atoms with Gasteiger partial charge in [0.15, 0.2) is 0 Å². The lowest BCUT2D eigenvalue weighted by Crippen LogP contribution is -2.49. The minimum atomic E-state index is -0.568. The van der Waals surface area contributed by atoms with Gasteiger partial charge >= 0.3 is 5.97 Å². The van der Waals surface area contributed by atoms with Crippen LogP contribution in [0.5, 0.6) is 0 Å². The Morgan fingerprint density at radius 2 is 1.95 bits per heavy atom. The number of carbonyl (C=O) groups excluding carboxylic acids is 1. The number of hydrogen-bond donors (Lipinski definition) is 0. The van der Waals surface area contributed by atoms with E-state index in [0.29, 0.717) is 12.8 Å². The summed E-state index contributed by atoms with van der Waals surface area (Å²) in [6.45, 7) is 3.37. The lowest BCUT2D eigenvalue weighted by molar-refractivity contribution is -0.149. The van der Waals surface area contributed by atoms with Gasteiger partial charge in [0.2, 0.25) is 0 Å². The largest absolute Gasteiger partial charge is 0.468 e. The van der Waals surface area contributed by atoms with Gasteiger partial charge in [0.25, 0.3) is 0 Å². The molecule has 1 aromatic rings. The van der Waals surface area contributed by atoms with Crippen LogP contribution in [-0.4, -0.2) is 37.1 Å². The molecule has 20 heavy (non-hydrogen) atoms. The van der Waals surface area contributed by atoms with Crippen molar-refractivity contribution in [2.24, 2.45) is 0 Å². The molecule has 1 saturated heterocycles. The summed E-state index contributed by atoms with van der Waals surface area (Å²) in [6.07, 6.45) is 1.38. The molecule has 0 saturated carbocycles. The first-order valence-electron chi connectivity index (χ1n) is 6.91. The number of piperidine rings is 1. The van der Waals surface area contributed by atoms with Gasteiger partial charge in [-0.2, -0.15) is 5.26 Å². The van der Waals surface area contributed by atoms with Gasteiger partial charge in [-0.15, -0.1) is 0 Å². The maximum absolute atomic E-state index is 12.3. The van der Waals surface area contributed by atoms with E-state index < -0.39 is 5.41 Å². The Morgan fingerprint density at radius 3 is 2.45 bits per heavy atom. The highest BCUT2D eigenvalue weighted by atomic mass is 16.5. The molecule has 1 fully saturated rings. The van der Waals surface area contributed by atoms with E-state index in [1.165, 1.54) is 7.11 Å². The van der Waals surface area contributed by atoms with Crippen molar-refractivity contribution in [2.45, 2.75) is 31.2 Å². The monoisotopic (exact) mass is 272 g/mol. The quantitative estimate of drug-likeness (QED) is 0.791. The molecule has 1 aromatic carbocycles. The van der Waals surface area contributed by atoms with E-state index >= 15 is 0 Å². The fourth-order valence-electron chi connectivity index (χ4n) is 2.94. The molecular formula is C16H20N2O2. The minimum Gasteiger partial charge on any atom is -0.468 e. The van der Waals surface area contributed by atoms with E-state index in [9.17, 15) is 4.79 Å². The van der Waals surface area contributed by atoms with E-state index in [1.54, 1.807) is 0 Å². The van der Waals surface area contributed by atoms with Crippen LogP contribution in [0.1, 0.15) is 25.3 Å². The fourth-order valence-corrected chi connectivity index (χ4v) is 2.94. The van der Waals surface area contributed by atoms with E-state index in [4.69, 9.17) is 10.00 Å². The Labute approximate surface area is 120 Å². The number of ether oxygens (including phenoxy) is 1. The summed E-state index contributed by atoms with van der Waals surface area (Å²) in [5.74, 6) is -0.173. The zero-order valence-electron chi connectivity index (χ0n) is 12.0. The molecule has 0 aromatic heterocycles. The predicted octanol–water partition coefficient (Wildman–Crippen LogP) is 2.11. The van der Waals surface area contributed by atoms with Crippen LogP contribution in [0.4, 0.5) is 0 Å². The molecule has 106 valence electrons. The maximum atomic E-state index is 12.3. The second-order valence-electron chi connectivity index (χ2n) is 5.28. The first kappa shape index (κ1) is 14.5. The number of hydrogen-bond acceptors (Lipinski definition) is 4. The summed E-state index contributed by atoms with van der Waals surface area (Å²) in [5, 5.41) is 9.01. The second-order valence-corrected chi connectivity index (χ2v) is 5.28. The van der Waals surface area contributed by atoms with Gasteiger partial charge in [0, 0.05) is 13.1 Å². The van der Waals surface area contributed by atoms with Crippen molar-refractivity contribution < 1.29 is 9.53 Å². The molecule has 2 rings (SSSR count). The third kappa shape index (κ3) is 2.54. The van der Waals surface area contributed by atoms with Crippen LogP contribution in [0, 0.1) is 11.3 Å². The molecule has 4 heteroatoms. The Hall–Kier alpha value is -1.86. The van der Waals surface area contributed by atoms with Crippen LogP contribution < -0.4 is 0 Å². The molecule has 0 unspecified atom stereocenters. The third-order valence-electron chi connectivity index (χ3n) is 4.29. The summed E-state index contributed by atoms with van der Waals surface area (Å²) in [7, 11) is 1.44. The molecule has 0 radical (unpaired) electrons. The zero-order valence-corrected chi connectivity index (χ0v) is 12.0. The van der Waals surface area contributed by atoms with Gasteiger partial charge in [-0.05, 0) is 25.3 Å². The van der Waals surface area contributed by atoms with Crippen LogP contribution in [0.25, 0.3) is 0 Å². The maximum Gasteiger partial charge on any atom is 0.316 e. The van der Waals surface area contributed by atoms with Gasteiger partial charge in [-0.1, -0.05) is 30.3 Å². The van der Waals surface area contributed by atoms with Crippen LogP contribution in [0.15, 0.2) is 30.3 Å². The SMILES string of the molecule is COC(=O)C1(c2ccccc2)CCN([C@@H](C)C#N)CC1. The minimum absolute atomic E-state index is 0.110. The summed E-state index contributed by atoms with van der Waals surface area (Å²) in [6, 6.07) is 12.0. The van der Waals surface area contributed by atoms with Crippen molar-refractivity contribution >= 4 is 5.97 Å². The van der Waals surface area contributed by atoms with Crippen molar-refractivity contribution in [1.82, 2.24) is 4.90 Å². The van der Waals surface area contributed by atoms with Crippen molar-refractivity contribution in [3.8, 4) is 6.07 Å². The van der Waals surface area contributed by atoms with Gasteiger partial charge in [-0.3, -0.25) is 9.69 Å². The number of benzene rings is 1. The van der Waals surface area contributed by atoms with Gasteiger partial charge < -0.3 is 4.74 Å². The molecule has 1 aliphatic heterocycles. The summed E-state index contributed by atoms with van der Waals surface area (Å²) >= 11 is 0. The topological polar surface area (TPSA) is 53.3 Å². The van der Waals surface area contributed by atoms with Crippen molar-refractivity contribution in [3.05, 3.63) is 35.9 Å². The van der Waals surface area contributed by atoms with Crippen molar-refractivity contribution in [3.63, 3.8) is 0 Å². The summed E-state index contributed by atoms with van der Waals surface area (Å²) in [5.41, 5.74) is 0.443. The number of esters is 1. The van der Waals surface area contributed by atoms with E-state index in [2.05, 4.69) is 11.0 Å². The Bertz CT molecular complexity index is 499. The van der Waals surface area contributed by atoms with E-state index in [1.807, 2.05) is 37.3 Å². The number of carbonyl (C=O) groups is 1. The fraction of sp³-hybridized carbons (Fsp3) is 0.500. The molecule has 0 aliphatic carbocycles. The Kier molecular flexibility index (Phi) is 4.41. The normalized spacial score (nSPS) is 19.9. The standard InChI is InChI=1S/C16H20N2O2/c1-13(12-17)18-10-8-16(9-11-18,15(19)20-2)14-6-4-3-5-7-14/h3-7,13H,8-11H2,1-2H3/t13-/m0/s1. The van der Waals surface area contributed by atoms with Gasteiger partial charge in [0.1, 0.15) is 0 Å². The van der Waals surface area contributed by atoms with Gasteiger partial charge in [0.05, 0.1) is 24.6 Å². The molecule has 0 bridgehead atoms. The van der Waals surface area contributed by atoms with Crippen molar-refractivity contribution in [1.29, 1.82) is 5.26 Å². The van der Waals surface area contributed by atoms with E-state index in [-0.39, 0.29) is 12.0 Å². The first-order valence-corrected chi connectivity index (χ1v) is 6.91. The highest BCUT2D eigenvalue weighted by molar-refractivity contribution is 5.83. The molecule has 1 heterocycles. The predicted molar refractivity (Wildman–Crippen MR) is 76.0 cm³/mol. The second kappa shape index (κ2) is 6.06. The van der Waals surface area contributed by atoms with Crippen LogP contribution in [-0.2, 0) is 14.9 Å². The van der Waals surface area contributed by atoms with Crippen molar-refractivity contribution in [2.75, 3.05) is 20.2 Å². The number of rotatable bonds is 3. The lowest BCUT2D eigenvalue weighted by Gasteiger charge is -2.40. The molecule has 1 aliphatic rings. The number of nitrogens with zero attached hydrogens (tertiary/aromatic N) is 2.